The molecule has 1 aliphatic rings. The van der Waals surface area contributed by atoms with E-state index in [4.69, 9.17) is 14.2 Å². The molecule has 3 atom stereocenters. The molecule has 2 rings (SSSR count). The smallest absolute Gasteiger partial charge is 0.408 e. The Morgan fingerprint density at radius 1 is 0.914 bits per heavy atom. The zero-order valence-corrected chi connectivity index (χ0v) is 22.6. The van der Waals surface area contributed by atoms with Gasteiger partial charge in [-0.15, -0.1) is 0 Å². The third-order valence-electron chi connectivity index (χ3n) is 5.08. The van der Waals surface area contributed by atoms with E-state index in [-0.39, 0.29) is 6.61 Å². The Morgan fingerprint density at radius 2 is 1.57 bits per heavy atom. The summed E-state index contributed by atoms with van der Waals surface area (Å²) in [5.74, 6) is 0. The molecule has 1 aliphatic carbocycles. The van der Waals surface area contributed by atoms with Crippen LogP contribution >= 0.6 is 0 Å². The van der Waals surface area contributed by atoms with Crippen molar-refractivity contribution in [1.82, 2.24) is 16.0 Å². The van der Waals surface area contributed by atoms with Crippen LogP contribution in [0.2, 0.25) is 25.7 Å². The Balaban J connectivity index is 1.99. The van der Waals surface area contributed by atoms with Crippen LogP contribution in [-0.2, 0) is 20.8 Å². The number of hydrogen-bond donors (Lipinski definition) is 3. The third-order valence-corrected chi connectivity index (χ3v) is 6.78. The Labute approximate surface area is 209 Å². The van der Waals surface area contributed by atoms with Gasteiger partial charge in [0.2, 0.25) is 0 Å². The average Bonchev–Trinajstić information content (AvgIpc) is 2.72. The van der Waals surface area contributed by atoms with E-state index in [9.17, 15) is 14.4 Å². The molecule has 35 heavy (non-hydrogen) atoms. The summed E-state index contributed by atoms with van der Waals surface area (Å²) in [6.07, 6.45) is 2.09. The van der Waals surface area contributed by atoms with Crippen molar-refractivity contribution in [2.24, 2.45) is 0 Å². The second-order valence-electron chi connectivity index (χ2n) is 10.8. The molecule has 3 amide bonds. The Kier molecular flexibility index (Phi) is 10.2. The summed E-state index contributed by atoms with van der Waals surface area (Å²) >= 11 is 0. The fraction of sp³-hybridized carbons (Fsp3) is 0.560. The zero-order valence-electron chi connectivity index (χ0n) is 21.6. The van der Waals surface area contributed by atoms with Crippen LogP contribution in [0.4, 0.5) is 14.4 Å². The highest BCUT2D eigenvalue weighted by atomic mass is 28.3. The molecule has 0 aromatic heterocycles. The van der Waals surface area contributed by atoms with Crippen molar-refractivity contribution in [3.8, 4) is 0 Å². The Bertz CT molecular complexity index is 879. The van der Waals surface area contributed by atoms with Crippen molar-refractivity contribution >= 4 is 26.4 Å². The van der Waals surface area contributed by atoms with Gasteiger partial charge in [0.15, 0.2) is 0 Å². The maximum absolute atomic E-state index is 12.5. The van der Waals surface area contributed by atoms with E-state index >= 15 is 0 Å². The first-order chi connectivity index (χ1) is 16.3. The van der Waals surface area contributed by atoms with Gasteiger partial charge >= 0.3 is 18.3 Å². The van der Waals surface area contributed by atoms with Crippen molar-refractivity contribution in [2.75, 3.05) is 6.61 Å². The monoisotopic (exact) mass is 505 g/mol. The van der Waals surface area contributed by atoms with E-state index in [1.807, 2.05) is 30.3 Å². The van der Waals surface area contributed by atoms with Gasteiger partial charge in [0.25, 0.3) is 0 Å². The van der Waals surface area contributed by atoms with Crippen molar-refractivity contribution in [3.05, 3.63) is 48.0 Å². The SMILES string of the molecule is CC(C)(C)OC(=O)N[C@@H]1C=C[C@@H](NC(=O)OCc2ccccc2)[C@H](NC(=O)OCC[Si](C)(C)C)C1. The number of rotatable bonds is 8. The summed E-state index contributed by atoms with van der Waals surface area (Å²) in [5.41, 5.74) is 0.233. The van der Waals surface area contributed by atoms with E-state index in [1.54, 1.807) is 32.9 Å². The first-order valence-corrected chi connectivity index (χ1v) is 15.6. The molecule has 1 aromatic carbocycles. The molecule has 0 unspecified atom stereocenters. The lowest BCUT2D eigenvalue weighted by atomic mass is 9.93. The molecular weight excluding hydrogens is 466 g/mol. The Hall–Kier alpha value is -3.01. The number of benzene rings is 1. The van der Waals surface area contributed by atoms with E-state index in [0.717, 1.165) is 11.6 Å². The first kappa shape index (κ1) is 28.2. The molecule has 0 spiro atoms. The van der Waals surface area contributed by atoms with Gasteiger partial charge < -0.3 is 30.2 Å². The molecule has 0 aliphatic heterocycles. The van der Waals surface area contributed by atoms with E-state index in [0.29, 0.717) is 13.0 Å². The molecule has 0 saturated heterocycles. The predicted molar refractivity (Wildman–Crippen MR) is 137 cm³/mol. The van der Waals surface area contributed by atoms with Crippen LogP contribution in [0.15, 0.2) is 42.5 Å². The molecule has 1 aromatic rings. The van der Waals surface area contributed by atoms with Gasteiger partial charge in [-0.1, -0.05) is 62.1 Å². The lowest BCUT2D eigenvalue weighted by Crippen LogP contribution is -2.56. The number of carbonyl (C=O) groups is 3. The molecule has 0 radical (unpaired) electrons. The zero-order chi connectivity index (χ0) is 26.1. The highest BCUT2D eigenvalue weighted by molar-refractivity contribution is 6.76. The van der Waals surface area contributed by atoms with Crippen LogP contribution in [0.3, 0.4) is 0 Å². The highest BCUT2D eigenvalue weighted by Crippen LogP contribution is 2.16. The number of hydrogen-bond acceptors (Lipinski definition) is 6. The van der Waals surface area contributed by atoms with Crippen molar-refractivity contribution in [1.29, 1.82) is 0 Å². The number of nitrogens with one attached hydrogen (secondary N) is 3. The van der Waals surface area contributed by atoms with Crippen LogP contribution in [0.5, 0.6) is 0 Å². The third kappa shape index (κ3) is 11.8. The van der Waals surface area contributed by atoms with Crippen molar-refractivity contribution in [3.63, 3.8) is 0 Å². The summed E-state index contributed by atoms with van der Waals surface area (Å²) in [5, 5.41) is 8.39. The second-order valence-corrected chi connectivity index (χ2v) is 16.4. The van der Waals surface area contributed by atoms with Gasteiger partial charge in [0.1, 0.15) is 12.2 Å². The summed E-state index contributed by atoms with van der Waals surface area (Å²) in [4.78, 5) is 37.1. The molecule has 0 heterocycles. The van der Waals surface area contributed by atoms with Gasteiger partial charge in [-0.05, 0) is 38.8 Å². The maximum atomic E-state index is 12.5. The van der Waals surface area contributed by atoms with Crippen molar-refractivity contribution < 1.29 is 28.6 Å². The number of ether oxygens (including phenoxy) is 3. The minimum atomic E-state index is -1.35. The van der Waals surface area contributed by atoms with Crippen LogP contribution in [-0.4, -0.2) is 56.7 Å². The summed E-state index contributed by atoms with van der Waals surface area (Å²) in [6.45, 7) is 12.4. The van der Waals surface area contributed by atoms with Crippen LogP contribution in [0.1, 0.15) is 32.8 Å². The van der Waals surface area contributed by atoms with E-state index < -0.39 is 50.1 Å². The second kappa shape index (κ2) is 12.6. The fourth-order valence-corrected chi connectivity index (χ4v) is 4.01. The van der Waals surface area contributed by atoms with Gasteiger partial charge in [0.05, 0.1) is 24.7 Å². The first-order valence-electron chi connectivity index (χ1n) is 11.9. The summed E-state index contributed by atoms with van der Waals surface area (Å²) in [6, 6.07) is 8.73. The maximum Gasteiger partial charge on any atom is 0.408 e. The van der Waals surface area contributed by atoms with Crippen molar-refractivity contribution in [2.45, 2.75) is 83.2 Å². The highest BCUT2D eigenvalue weighted by Gasteiger charge is 2.31. The quantitative estimate of drug-likeness (QED) is 0.271. The van der Waals surface area contributed by atoms with Gasteiger partial charge in [0, 0.05) is 8.07 Å². The minimum absolute atomic E-state index is 0.128. The number of amides is 3. The molecule has 0 bridgehead atoms. The average molecular weight is 506 g/mol. The number of alkyl carbamates (subject to hydrolysis) is 3. The largest absolute Gasteiger partial charge is 0.450 e. The van der Waals surface area contributed by atoms with Gasteiger partial charge in [-0.25, -0.2) is 14.4 Å². The van der Waals surface area contributed by atoms with Crippen LogP contribution < -0.4 is 16.0 Å². The van der Waals surface area contributed by atoms with Gasteiger partial charge in [-0.3, -0.25) is 0 Å². The summed E-state index contributed by atoms with van der Waals surface area (Å²) in [7, 11) is -1.35. The molecule has 3 N–H and O–H groups in total. The summed E-state index contributed by atoms with van der Waals surface area (Å²) < 4.78 is 16.0. The van der Waals surface area contributed by atoms with Gasteiger partial charge in [-0.2, -0.15) is 0 Å². The molecule has 10 heteroatoms. The normalized spacial score (nSPS) is 19.9. The van der Waals surface area contributed by atoms with Crippen LogP contribution in [0.25, 0.3) is 0 Å². The predicted octanol–water partition coefficient (Wildman–Crippen LogP) is 4.57. The van der Waals surface area contributed by atoms with E-state index in [2.05, 4.69) is 35.6 Å². The molecule has 9 nitrogen and oxygen atoms in total. The lowest BCUT2D eigenvalue weighted by Gasteiger charge is -2.33. The standard InChI is InChI=1S/C25H39N3O6Si/c1-25(2,3)34-24(31)26-19-12-13-20(27-23(30)33-17-18-10-8-7-9-11-18)21(16-19)28-22(29)32-14-15-35(4,5)6/h7-13,19-21H,14-17H2,1-6H3,(H,26,31)(H,27,30)(H,28,29)/t19-,20-,21-/m1/s1. The number of carbonyl (C=O) groups excluding carboxylic acids is 3. The van der Waals surface area contributed by atoms with E-state index in [1.165, 1.54) is 0 Å². The molecule has 0 fully saturated rings. The van der Waals surface area contributed by atoms with Crippen LogP contribution in [0, 0.1) is 0 Å². The lowest BCUT2D eigenvalue weighted by molar-refractivity contribution is 0.0507. The molecule has 194 valence electrons. The molecule has 0 saturated carbocycles. The fourth-order valence-electron chi connectivity index (χ4n) is 3.29. The topological polar surface area (TPSA) is 115 Å². The Morgan fingerprint density at radius 3 is 2.20 bits per heavy atom. The molecular formula is C25H39N3O6Si. The minimum Gasteiger partial charge on any atom is -0.450 e.